The van der Waals surface area contributed by atoms with E-state index in [4.69, 9.17) is 5.73 Å². The molecule has 1 aromatic rings. The lowest BCUT2D eigenvalue weighted by molar-refractivity contribution is 0.547. The maximum absolute atomic E-state index is 11.8. The molecule has 1 heterocycles. The number of nitrogens with zero attached hydrogens (tertiary/aromatic N) is 1. The second kappa shape index (κ2) is 5.77. The molecule has 0 radical (unpaired) electrons. The lowest BCUT2D eigenvalue weighted by Gasteiger charge is -2.11. The fourth-order valence-electron chi connectivity index (χ4n) is 1.77. The fourth-order valence-corrected chi connectivity index (χ4v) is 2.84. The molecule has 6 heteroatoms. The first-order valence-electron chi connectivity index (χ1n) is 6.20. The van der Waals surface area contributed by atoms with Crippen LogP contribution in [0.25, 0.3) is 0 Å². The van der Waals surface area contributed by atoms with Gasteiger partial charge >= 0.3 is 0 Å². The number of aryl methyl sites for hydroxylation is 1. The van der Waals surface area contributed by atoms with Gasteiger partial charge in [0, 0.05) is 30.9 Å². The topological polar surface area (TPSA) is 85.1 Å². The molecule has 1 unspecified atom stereocenters. The van der Waals surface area contributed by atoms with Gasteiger partial charge in [-0.15, -0.1) is 0 Å². The third-order valence-corrected chi connectivity index (χ3v) is 4.47. The lowest BCUT2D eigenvalue weighted by atomic mass is 10.2. The minimum Gasteiger partial charge on any atom is -0.326 e. The molecule has 0 aliphatic heterocycles. The summed E-state index contributed by atoms with van der Waals surface area (Å²) >= 11 is 0. The monoisotopic (exact) mass is 269 g/mol. The van der Waals surface area contributed by atoms with E-state index >= 15 is 0 Å². The SMILES string of the molecule is NC(CNS(=O)(=O)CCc1ccccn1)C1CC1. The summed E-state index contributed by atoms with van der Waals surface area (Å²) in [4.78, 5) is 4.10. The highest BCUT2D eigenvalue weighted by molar-refractivity contribution is 7.89. The third-order valence-electron chi connectivity index (χ3n) is 3.12. The van der Waals surface area contributed by atoms with Crippen molar-refractivity contribution in [3.63, 3.8) is 0 Å². The van der Waals surface area contributed by atoms with Crippen molar-refractivity contribution in [2.75, 3.05) is 12.3 Å². The number of aromatic nitrogens is 1. The second-order valence-corrected chi connectivity index (χ2v) is 6.67. The largest absolute Gasteiger partial charge is 0.326 e. The van der Waals surface area contributed by atoms with Crippen molar-refractivity contribution < 1.29 is 8.42 Å². The molecule has 1 saturated carbocycles. The van der Waals surface area contributed by atoms with Crippen LogP contribution in [0.1, 0.15) is 18.5 Å². The third kappa shape index (κ3) is 4.36. The highest BCUT2D eigenvalue weighted by atomic mass is 32.2. The van der Waals surface area contributed by atoms with Crippen LogP contribution in [0.15, 0.2) is 24.4 Å². The summed E-state index contributed by atoms with van der Waals surface area (Å²) in [6.45, 7) is 0.342. The van der Waals surface area contributed by atoms with Gasteiger partial charge in [0.25, 0.3) is 0 Å². The van der Waals surface area contributed by atoms with E-state index in [-0.39, 0.29) is 11.8 Å². The van der Waals surface area contributed by atoms with Crippen molar-refractivity contribution in [3.8, 4) is 0 Å². The molecule has 1 aliphatic rings. The molecule has 2 rings (SSSR count). The minimum absolute atomic E-state index is 0.0466. The molecule has 0 amide bonds. The van der Waals surface area contributed by atoms with Crippen LogP contribution in [0.5, 0.6) is 0 Å². The standard InChI is InChI=1S/C12H19N3O2S/c13-12(10-4-5-10)9-15-18(16,17)8-6-11-3-1-2-7-14-11/h1-3,7,10,12,15H,4-6,8-9,13H2. The van der Waals surface area contributed by atoms with Gasteiger partial charge in [-0.2, -0.15) is 0 Å². The van der Waals surface area contributed by atoms with Gasteiger partial charge in [0.1, 0.15) is 0 Å². The van der Waals surface area contributed by atoms with Gasteiger partial charge in [-0.1, -0.05) is 6.07 Å². The van der Waals surface area contributed by atoms with E-state index in [2.05, 4.69) is 9.71 Å². The van der Waals surface area contributed by atoms with Crippen molar-refractivity contribution in [2.24, 2.45) is 11.7 Å². The molecule has 0 spiro atoms. The van der Waals surface area contributed by atoms with Crippen molar-refractivity contribution in [1.82, 2.24) is 9.71 Å². The first-order chi connectivity index (χ1) is 8.57. The zero-order chi connectivity index (χ0) is 13.0. The van der Waals surface area contributed by atoms with Gasteiger partial charge in [0.15, 0.2) is 0 Å². The van der Waals surface area contributed by atoms with E-state index in [1.807, 2.05) is 18.2 Å². The first-order valence-corrected chi connectivity index (χ1v) is 7.85. The van der Waals surface area contributed by atoms with Crippen LogP contribution in [0.4, 0.5) is 0 Å². The Morgan fingerprint density at radius 1 is 1.44 bits per heavy atom. The average molecular weight is 269 g/mol. The maximum Gasteiger partial charge on any atom is 0.212 e. The van der Waals surface area contributed by atoms with Crippen molar-refractivity contribution in [2.45, 2.75) is 25.3 Å². The zero-order valence-corrected chi connectivity index (χ0v) is 11.1. The van der Waals surface area contributed by atoms with Gasteiger partial charge in [-0.25, -0.2) is 13.1 Å². The first kappa shape index (κ1) is 13.5. The molecule has 1 aliphatic carbocycles. The summed E-state index contributed by atoms with van der Waals surface area (Å²) in [6, 6.07) is 5.44. The van der Waals surface area contributed by atoms with Gasteiger partial charge in [0.2, 0.25) is 10.0 Å². The number of sulfonamides is 1. The Kier molecular flexibility index (Phi) is 4.31. The van der Waals surface area contributed by atoms with Crippen molar-refractivity contribution in [1.29, 1.82) is 0 Å². The quantitative estimate of drug-likeness (QED) is 0.744. The molecule has 5 nitrogen and oxygen atoms in total. The number of hydrogen-bond donors (Lipinski definition) is 2. The molecule has 1 aromatic heterocycles. The molecule has 0 aromatic carbocycles. The van der Waals surface area contributed by atoms with Gasteiger partial charge in [-0.05, 0) is 30.9 Å². The number of rotatable bonds is 7. The minimum atomic E-state index is -3.25. The summed E-state index contributed by atoms with van der Waals surface area (Å²) in [5.74, 6) is 0.560. The van der Waals surface area contributed by atoms with E-state index < -0.39 is 10.0 Å². The van der Waals surface area contributed by atoms with Crippen LogP contribution in [-0.2, 0) is 16.4 Å². The summed E-state index contributed by atoms with van der Waals surface area (Å²) < 4.78 is 26.1. The molecule has 0 bridgehead atoms. The summed E-state index contributed by atoms with van der Waals surface area (Å²) in [5, 5.41) is 0. The molecule has 18 heavy (non-hydrogen) atoms. The van der Waals surface area contributed by atoms with E-state index in [1.165, 1.54) is 0 Å². The van der Waals surface area contributed by atoms with Crippen LogP contribution in [0.2, 0.25) is 0 Å². The Labute approximate surface area is 108 Å². The van der Waals surface area contributed by atoms with Gasteiger partial charge < -0.3 is 5.73 Å². The van der Waals surface area contributed by atoms with E-state index in [0.717, 1.165) is 18.5 Å². The van der Waals surface area contributed by atoms with E-state index in [1.54, 1.807) is 6.20 Å². The van der Waals surface area contributed by atoms with Gasteiger partial charge in [0.05, 0.1) is 5.75 Å². The normalized spacial score (nSPS) is 17.6. The van der Waals surface area contributed by atoms with Crippen molar-refractivity contribution in [3.05, 3.63) is 30.1 Å². The Morgan fingerprint density at radius 3 is 2.83 bits per heavy atom. The predicted octanol–water partition coefficient (Wildman–Crippen LogP) is 0.281. The molecule has 100 valence electrons. The molecule has 3 N–H and O–H groups in total. The molecule has 1 atom stereocenters. The van der Waals surface area contributed by atoms with Crippen LogP contribution in [-0.4, -0.2) is 31.7 Å². The van der Waals surface area contributed by atoms with Crippen LogP contribution in [0.3, 0.4) is 0 Å². The number of hydrogen-bond acceptors (Lipinski definition) is 4. The average Bonchev–Trinajstić information content (AvgIpc) is 3.19. The van der Waals surface area contributed by atoms with Crippen LogP contribution >= 0.6 is 0 Å². The summed E-state index contributed by atoms with van der Waals surface area (Å²) in [6.07, 6.45) is 4.33. The Hall–Kier alpha value is -0.980. The second-order valence-electron chi connectivity index (χ2n) is 4.74. The molecule has 1 fully saturated rings. The highest BCUT2D eigenvalue weighted by Crippen LogP contribution is 2.31. The summed E-state index contributed by atoms with van der Waals surface area (Å²) in [7, 11) is -3.25. The smallest absolute Gasteiger partial charge is 0.212 e. The molecular weight excluding hydrogens is 250 g/mol. The Morgan fingerprint density at radius 2 is 2.22 bits per heavy atom. The van der Waals surface area contributed by atoms with Gasteiger partial charge in [-0.3, -0.25) is 4.98 Å². The van der Waals surface area contributed by atoms with E-state index in [0.29, 0.717) is 18.9 Å². The number of nitrogens with two attached hydrogens (primary N) is 1. The molecular formula is C12H19N3O2S. The van der Waals surface area contributed by atoms with Crippen LogP contribution in [0, 0.1) is 5.92 Å². The highest BCUT2D eigenvalue weighted by Gasteiger charge is 2.29. The number of pyridine rings is 1. The predicted molar refractivity (Wildman–Crippen MR) is 70.4 cm³/mol. The Balaban J connectivity index is 1.76. The van der Waals surface area contributed by atoms with Crippen LogP contribution < -0.4 is 10.5 Å². The summed E-state index contributed by atoms with van der Waals surface area (Å²) in [5.41, 5.74) is 6.64. The number of nitrogens with one attached hydrogen (secondary N) is 1. The van der Waals surface area contributed by atoms with Crippen molar-refractivity contribution >= 4 is 10.0 Å². The fraction of sp³-hybridized carbons (Fsp3) is 0.583. The maximum atomic E-state index is 11.8. The Bertz CT molecular complexity index is 471. The molecule has 0 saturated heterocycles. The van der Waals surface area contributed by atoms with E-state index in [9.17, 15) is 8.42 Å². The zero-order valence-electron chi connectivity index (χ0n) is 10.2. The lowest BCUT2D eigenvalue weighted by Crippen LogP contribution is -2.39.